The van der Waals surface area contributed by atoms with Crippen molar-refractivity contribution in [3.8, 4) is 0 Å². The van der Waals surface area contributed by atoms with Crippen LogP contribution in [0.5, 0.6) is 0 Å². The first kappa shape index (κ1) is 27.8. The zero-order valence-corrected chi connectivity index (χ0v) is 23.1. The number of unbranched alkanes of at least 4 members (excludes halogenated alkanes) is 9. The normalized spacial score (nSPS) is 11.5. The van der Waals surface area contributed by atoms with Crippen LogP contribution in [0.25, 0.3) is 0 Å². The van der Waals surface area contributed by atoms with Crippen LogP contribution in [0.4, 0.5) is 5.00 Å². The largest absolute Gasteiger partial charge is 0.462 e. The minimum atomic E-state index is -0.255. The maximum absolute atomic E-state index is 12.5. The van der Waals surface area contributed by atoms with Crippen LogP contribution < -0.4 is 0 Å². The fourth-order valence-corrected chi connectivity index (χ4v) is 6.30. The quantitative estimate of drug-likeness (QED) is 0.134. The summed E-state index contributed by atoms with van der Waals surface area (Å²) in [7, 11) is 0. The van der Waals surface area contributed by atoms with Crippen molar-refractivity contribution in [3.05, 3.63) is 37.4 Å². The van der Waals surface area contributed by atoms with E-state index in [1.54, 1.807) is 22.7 Å². The smallest absolute Gasteiger partial charge is 0.341 e. The van der Waals surface area contributed by atoms with Crippen LogP contribution in [-0.2, 0) is 17.6 Å². The minimum absolute atomic E-state index is 0.255. The van der Waals surface area contributed by atoms with Gasteiger partial charge in [0.2, 0.25) is 0 Å². The Morgan fingerprint density at radius 2 is 1.55 bits per heavy atom. The molecule has 0 aliphatic carbocycles. The summed E-state index contributed by atoms with van der Waals surface area (Å²) in [6, 6.07) is 2.28. The molecule has 0 unspecified atom stereocenters. The third kappa shape index (κ3) is 9.01. The molecule has 5 heteroatoms. The van der Waals surface area contributed by atoms with Crippen LogP contribution in [0.1, 0.15) is 121 Å². The number of aryl methyl sites for hydroxylation is 3. The van der Waals surface area contributed by atoms with E-state index in [4.69, 9.17) is 9.73 Å². The summed E-state index contributed by atoms with van der Waals surface area (Å²) in [5, 5.41) is 0.769. The van der Waals surface area contributed by atoms with Crippen LogP contribution in [0.3, 0.4) is 0 Å². The van der Waals surface area contributed by atoms with Gasteiger partial charge >= 0.3 is 5.97 Å². The van der Waals surface area contributed by atoms with Crippen molar-refractivity contribution in [1.82, 2.24) is 0 Å². The predicted octanol–water partition coefficient (Wildman–Crippen LogP) is 9.38. The van der Waals surface area contributed by atoms with Gasteiger partial charge in [-0.05, 0) is 57.2 Å². The average molecular weight is 490 g/mol. The molecule has 0 aliphatic heterocycles. The van der Waals surface area contributed by atoms with Crippen molar-refractivity contribution in [2.75, 3.05) is 6.61 Å². The van der Waals surface area contributed by atoms with Crippen molar-refractivity contribution >= 4 is 39.9 Å². The van der Waals surface area contributed by atoms with Crippen LogP contribution in [0.15, 0.2) is 11.1 Å². The van der Waals surface area contributed by atoms with E-state index in [1.807, 2.05) is 13.1 Å². The number of thiophene rings is 2. The van der Waals surface area contributed by atoms with Gasteiger partial charge in [-0.2, -0.15) is 0 Å². The van der Waals surface area contributed by atoms with Crippen molar-refractivity contribution in [3.63, 3.8) is 0 Å². The second kappa shape index (κ2) is 15.4. The van der Waals surface area contributed by atoms with Crippen LogP contribution >= 0.6 is 22.7 Å². The third-order valence-electron chi connectivity index (χ3n) is 6.17. The van der Waals surface area contributed by atoms with Gasteiger partial charge in [-0.3, -0.25) is 0 Å². The molecule has 0 saturated carbocycles. The van der Waals surface area contributed by atoms with Gasteiger partial charge in [0.15, 0.2) is 0 Å². The van der Waals surface area contributed by atoms with Gasteiger partial charge in [0.05, 0.1) is 12.2 Å². The Morgan fingerprint density at radius 1 is 0.909 bits per heavy atom. The van der Waals surface area contributed by atoms with E-state index in [1.165, 1.54) is 74.6 Å². The topological polar surface area (TPSA) is 38.7 Å². The number of hydrogen-bond donors (Lipinski definition) is 0. The number of hydrogen-bond acceptors (Lipinski definition) is 5. The van der Waals surface area contributed by atoms with Gasteiger partial charge in [0.25, 0.3) is 0 Å². The molecule has 0 amide bonds. The molecule has 33 heavy (non-hydrogen) atoms. The van der Waals surface area contributed by atoms with Crippen LogP contribution in [0.2, 0.25) is 0 Å². The Kier molecular flexibility index (Phi) is 13.0. The van der Waals surface area contributed by atoms with E-state index in [0.717, 1.165) is 33.2 Å². The average Bonchev–Trinajstić information content (AvgIpc) is 3.32. The molecule has 0 bridgehead atoms. The Balaban J connectivity index is 1.86. The fourth-order valence-electron chi connectivity index (χ4n) is 4.28. The minimum Gasteiger partial charge on any atom is -0.462 e. The molecule has 184 valence electrons. The highest BCUT2D eigenvalue weighted by atomic mass is 32.1. The number of rotatable bonds is 16. The number of ether oxygens (including phenoxy) is 1. The molecule has 0 spiro atoms. The summed E-state index contributed by atoms with van der Waals surface area (Å²) in [5.74, 6) is -0.255. The lowest BCUT2D eigenvalue weighted by Gasteiger charge is -2.04. The molecular weight excluding hydrogens is 446 g/mol. The molecule has 0 N–H and O–H groups in total. The molecule has 2 aromatic heterocycles. The fraction of sp³-hybridized carbons (Fsp3) is 0.643. The van der Waals surface area contributed by atoms with Gasteiger partial charge < -0.3 is 4.74 Å². The Morgan fingerprint density at radius 3 is 2.15 bits per heavy atom. The molecule has 0 fully saturated rings. The third-order valence-corrected chi connectivity index (χ3v) is 8.25. The van der Waals surface area contributed by atoms with Gasteiger partial charge in [-0.25, -0.2) is 9.79 Å². The number of nitrogens with zero attached hydrogens (tertiary/aromatic N) is 1. The van der Waals surface area contributed by atoms with Gasteiger partial charge in [-0.1, -0.05) is 71.6 Å². The second-order valence-corrected chi connectivity index (χ2v) is 11.3. The highest BCUT2D eigenvalue weighted by Gasteiger charge is 2.21. The maximum Gasteiger partial charge on any atom is 0.341 e. The Labute approximate surface area is 209 Å². The van der Waals surface area contributed by atoms with E-state index in [-0.39, 0.29) is 5.97 Å². The molecule has 0 aliphatic rings. The summed E-state index contributed by atoms with van der Waals surface area (Å²) in [5.41, 5.74) is 3.16. The molecule has 0 atom stereocenters. The zero-order valence-electron chi connectivity index (χ0n) is 21.4. The lowest BCUT2D eigenvalue weighted by molar-refractivity contribution is 0.0526. The van der Waals surface area contributed by atoms with E-state index in [0.29, 0.717) is 12.2 Å². The van der Waals surface area contributed by atoms with E-state index in [9.17, 15) is 4.79 Å². The summed E-state index contributed by atoms with van der Waals surface area (Å²) >= 11 is 3.38. The second-order valence-electron chi connectivity index (χ2n) is 8.81. The van der Waals surface area contributed by atoms with E-state index < -0.39 is 0 Å². The Bertz CT molecular complexity index is 879. The van der Waals surface area contributed by atoms with Crippen LogP contribution in [0, 0.1) is 13.8 Å². The molecule has 2 heterocycles. The monoisotopic (exact) mass is 489 g/mol. The first-order chi connectivity index (χ1) is 16.0. The lowest BCUT2D eigenvalue weighted by Crippen LogP contribution is -2.06. The van der Waals surface area contributed by atoms with Gasteiger partial charge in [0, 0.05) is 20.8 Å². The standard InChI is InChI=1S/C28H43NO2S2/c1-6-9-10-11-12-13-14-15-16-17-18-23-19-24(32-21(23)4)20-29-27-26(28(30)31-8-3)25(7-2)22(5)33-27/h19-20H,6-18H2,1-5H3. The summed E-state index contributed by atoms with van der Waals surface area (Å²) in [6.07, 6.45) is 17.6. The van der Waals surface area contributed by atoms with Gasteiger partial charge in [0.1, 0.15) is 5.00 Å². The molecular formula is C28H43NO2S2. The first-order valence-corrected chi connectivity index (χ1v) is 14.6. The molecule has 0 aromatic carbocycles. The molecule has 0 radical (unpaired) electrons. The molecule has 2 rings (SSSR count). The van der Waals surface area contributed by atoms with Crippen molar-refractivity contribution in [1.29, 1.82) is 0 Å². The van der Waals surface area contributed by atoms with Crippen molar-refractivity contribution in [2.45, 2.75) is 112 Å². The highest BCUT2D eigenvalue weighted by Crippen LogP contribution is 2.36. The van der Waals surface area contributed by atoms with E-state index >= 15 is 0 Å². The predicted molar refractivity (Wildman–Crippen MR) is 146 cm³/mol. The first-order valence-electron chi connectivity index (χ1n) is 12.9. The highest BCUT2D eigenvalue weighted by molar-refractivity contribution is 7.16. The molecule has 0 saturated heterocycles. The van der Waals surface area contributed by atoms with E-state index in [2.05, 4.69) is 33.8 Å². The van der Waals surface area contributed by atoms with Crippen molar-refractivity contribution < 1.29 is 9.53 Å². The summed E-state index contributed by atoms with van der Waals surface area (Å²) < 4.78 is 5.30. The number of carbonyl (C=O) groups is 1. The summed E-state index contributed by atoms with van der Waals surface area (Å²) in [6.45, 7) is 10.9. The Hall–Kier alpha value is -1.46. The summed E-state index contributed by atoms with van der Waals surface area (Å²) in [4.78, 5) is 20.9. The lowest BCUT2D eigenvalue weighted by atomic mass is 10.0. The van der Waals surface area contributed by atoms with Gasteiger partial charge in [-0.15, -0.1) is 22.7 Å². The number of carbonyl (C=O) groups excluding carboxylic acids is 1. The molecule has 2 aromatic rings. The zero-order chi connectivity index (χ0) is 24.1. The molecule has 3 nitrogen and oxygen atoms in total. The van der Waals surface area contributed by atoms with Crippen LogP contribution in [-0.4, -0.2) is 18.8 Å². The number of esters is 1. The SMILES string of the molecule is CCCCCCCCCCCCc1cc(C=Nc2sc(C)c(CC)c2C(=O)OCC)sc1C. The number of aliphatic imine (C=N–C) groups is 1. The maximum atomic E-state index is 12.5. The van der Waals surface area contributed by atoms with Crippen molar-refractivity contribution in [2.24, 2.45) is 4.99 Å².